The lowest BCUT2D eigenvalue weighted by Gasteiger charge is -2.28. The second-order valence-electron chi connectivity index (χ2n) is 26.7. The van der Waals surface area contributed by atoms with Crippen molar-refractivity contribution in [2.75, 3.05) is 47.5 Å². The summed E-state index contributed by atoms with van der Waals surface area (Å²) in [6.07, 6.45) is 87.9. The van der Waals surface area contributed by atoms with Crippen LogP contribution in [-0.2, 0) is 32.7 Å². The molecule has 0 fully saturated rings. The van der Waals surface area contributed by atoms with Crippen LogP contribution < -0.4 is 4.89 Å². The van der Waals surface area contributed by atoms with Crippen molar-refractivity contribution in [3.05, 3.63) is 48.6 Å². The minimum atomic E-state index is -4.64. The average molecular weight is 1230 g/mol. The molecule has 0 aliphatic heterocycles. The van der Waals surface area contributed by atoms with Crippen molar-refractivity contribution in [1.29, 1.82) is 0 Å². The van der Waals surface area contributed by atoms with Gasteiger partial charge in [-0.15, -0.1) is 0 Å². The maximum atomic E-state index is 12.9. The topological polar surface area (TPSA) is 111 Å². The SMILES string of the molecule is CCCCCCC/C=C\C/C=C\C/C=C\CCCCCCCCCCCCCCCCCCCCCCCCCCCCC(=O)OC(COC(=O)CCCCCCCCCCC/C=C\CCCCCCCCCC)COP(=O)([O-])OCC[N+](C)(C)C. The Balaban J connectivity index is 3.89. The molecule has 0 aromatic rings. The molecule has 0 aliphatic carbocycles. The summed E-state index contributed by atoms with van der Waals surface area (Å²) in [5, 5.41) is 0. The van der Waals surface area contributed by atoms with Gasteiger partial charge in [0.1, 0.15) is 19.8 Å². The molecule has 0 aromatic heterocycles. The van der Waals surface area contributed by atoms with Crippen LogP contribution in [0.2, 0.25) is 0 Å². The summed E-state index contributed by atoms with van der Waals surface area (Å²) in [6.45, 7) is 4.29. The molecule has 0 aromatic carbocycles. The minimum Gasteiger partial charge on any atom is -0.756 e. The molecule has 0 amide bonds. The quantitative estimate of drug-likeness (QED) is 0.0195. The third-order valence-electron chi connectivity index (χ3n) is 16.8. The van der Waals surface area contributed by atoms with Crippen LogP contribution in [0.5, 0.6) is 0 Å². The Morgan fingerprint density at radius 2 is 0.628 bits per heavy atom. The van der Waals surface area contributed by atoms with Crippen molar-refractivity contribution in [1.82, 2.24) is 0 Å². The lowest BCUT2D eigenvalue weighted by atomic mass is 10.0. The first kappa shape index (κ1) is 84.0. The molecule has 0 spiro atoms. The normalized spacial score (nSPS) is 13.3. The van der Waals surface area contributed by atoms with Crippen LogP contribution in [0.1, 0.15) is 373 Å². The second-order valence-corrected chi connectivity index (χ2v) is 28.1. The molecule has 0 rings (SSSR count). The zero-order valence-corrected chi connectivity index (χ0v) is 58.7. The number of ether oxygens (including phenoxy) is 2. The smallest absolute Gasteiger partial charge is 0.306 e. The number of quaternary nitrogens is 1. The monoisotopic (exact) mass is 1230 g/mol. The Hall–Kier alpha value is -2.03. The predicted molar refractivity (Wildman–Crippen MR) is 370 cm³/mol. The van der Waals surface area contributed by atoms with E-state index in [0.29, 0.717) is 17.4 Å². The molecule has 0 aliphatic rings. The molecule has 2 atom stereocenters. The number of carbonyl (C=O) groups excluding carboxylic acids is 2. The highest BCUT2D eigenvalue weighted by Crippen LogP contribution is 2.38. The fourth-order valence-electron chi connectivity index (χ4n) is 11.1. The zero-order valence-electron chi connectivity index (χ0n) is 57.8. The highest BCUT2D eigenvalue weighted by atomic mass is 31.2. The van der Waals surface area contributed by atoms with Gasteiger partial charge in [-0.05, 0) is 77.0 Å². The predicted octanol–water partition coefficient (Wildman–Crippen LogP) is 23.8. The van der Waals surface area contributed by atoms with Crippen molar-refractivity contribution in [2.24, 2.45) is 0 Å². The highest BCUT2D eigenvalue weighted by molar-refractivity contribution is 7.45. The maximum absolute atomic E-state index is 12.9. The van der Waals surface area contributed by atoms with E-state index in [1.807, 2.05) is 21.1 Å². The van der Waals surface area contributed by atoms with E-state index in [0.717, 1.165) is 44.9 Å². The molecule has 0 saturated carbocycles. The number of nitrogens with zero attached hydrogens (tertiary/aromatic N) is 1. The first-order valence-corrected chi connectivity index (χ1v) is 38.8. The first-order valence-electron chi connectivity index (χ1n) is 37.3. The van der Waals surface area contributed by atoms with Gasteiger partial charge in [0, 0.05) is 12.8 Å². The third-order valence-corrected chi connectivity index (χ3v) is 17.8. The Labute approximate surface area is 534 Å². The van der Waals surface area contributed by atoms with Gasteiger partial charge in [-0.25, -0.2) is 0 Å². The summed E-state index contributed by atoms with van der Waals surface area (Å²) < 4.78 is 34.3. The van der Waals surface area contributed by atoms with Crippen LogP contribution >= 0.6 is 7.82 Å². The van der Waals surface area contributed by atoms with E-state index in [4.69, 9.17) is 18.5 Å². The first-order chi connectivity index (χ1) is 42.0. The Kier molecular flexibility index (Phi) is 65.8. The van der Waals surface area contributed by atoms with Crippen molar-refractivity contribution < 1.29 is 42.1 Å². The third kappa shape index (κ3) is 71.1. The van der Waals surface area contributed by atoms with E-state index in [9.17, 15) is 19.0 Å². The molecule has 506 valence electrons. The van der Waals surface area contributed by atoms with Gasteiger partial charge in [0.25, 0.3) is 7.82 Å². The Morgan fingerprint density at radius 3 is 0.942 bits per heavy atom. The summed E-state index contributed by atoms with van der Waals surface area (Å²) in [7, 11) is 1.18. The summed E-state index contributed by atoms with van der Waals surface area (Å²) in [5.74, 6) is -0.816. The van der Waals surface area contributed by atoms with Gasteiger partial charge < -0.3 is 27.9 Å². The number of phosphoric acid groups is 1. The lowest BCUT2D eigenvalue weighted by Crippen LogP contribution is -2.37. The fraction of sp³-hybridized carbons (Fsp3) is 0.868. The van der Waals surface area contributed by atoms with E-state index in [1.165, 1.54) is 295 Å². The van der Waals surface area contributed by atoms with Crippen molar-refractivity contribution in [2.45, 2.75) is 380 Å². The molecule has 0 bridgehead atoms. The highest BCUT2D eigenvalue weighted by Gasteiger charge is 2.22. The summed E-state index contributed by atoms with van der Waals surface area (Å²) >= 11 is 0. The van der Waals surface area contributed by atoms with Crippen LogP contribution in [0.15, 0.2) is 48.6 Å². The van der Waals surface area contributed by atoms with E-state index in [-0.39, 0.29) is 32.0 Å². The number of esters is 2. The molecule has 0 heterocycles. The van der Waals surface area contributed by atoms with Crippen molar-refractivity contribution in [3.63, 3.8) is 0 Å². The van der Waals surface area contributed by atoms with E-state index in [1.54, 1.807) is 0 Å². The van der Waals surface area contributed by atoms with E-state index < -0.39 is 26.5 Å². The number of likely N-dealkylation sites (N-methyl/N-ethyl adjacent to an activating group) is 1. The van der Waals surface area contributed by atoms with Crippen LogP contribution in [0.25, 0.3) is 0 Å². The molecule has 10 heteroatoms. The summed E-state index contributed by atoms with van der Waals surface area (Å²) in [6, 6.07) is 0. The Morgan fingerprint density at radius 1 is 0.360 bits per heavy atom. The second kappa shape index (κ2) is 67.4. The van der Waals surface area contributed by atoms with Gasteiger partial charge in [-0.2, -0.15) is 0 Å². The molecule has 9 nitrogen and oxygen atoms in total. The zero-order chi connectivity index (χ0) is 62.6. The summed E-state index contributed by atoms with van der Waals surface area (Å²) in [5.41, 5.74) is 0. The van der Waals surface area contributed by atoms with Crippen LogP contribution in [-0.4, -0.2) is 70.0 Å². The minimum absolute atomic E-state index is 0.0288. The van der Waals surface area contributed by atoms with Crippen molar-refractivity contribution in [3.8, 4) is 0 Å². The largest absolute Gasteiger partial charge is 0.756 e. The number of phosphoric ester groups is 1. The van der Waals surface area contributed by atoms with E-state index in [2.05, 4.69) is 62.5 Å². The number of unbranched alkanes of at least 4 members (excludes halogenated alkanes) is 48. The average Bonchev–Trinajstić information content (AvgIpc) is 3.70. The van der Waals surface area contributed by atoms with Crippen molar-refractivity contribution >= 4 is 19.8 Å². The van der Waals surface area contributed by atoms with Gasteiger partial charge in [0.2, 0.25) is 0 Å². The van der Waals surface area contributed by atoms with Gasteiger partial charge in [-0.3, -0.25) is 14.2 Å². The molecular formula is C76H144NO8P. The Bertz CT molecular complexity index is 1590. The molecule has 0 radical (unpaired) electrons. The van der Waals surface area contributed by atoms with Crippen LogP contribution in [0.4, 0.5) is 0 Å². The molecule has 86 heavy (non-hydrogen) atoms. The van der Waals surface area contributed by atoms with E-state index >= 15 is 0 Å². The molecule has 2 unspecified atom stereocenters. The molecule has 0 N–H and O–H groups in total. The van der Waals surface area contributed by atoms with Crippen LogP contribution in [0, 0.1) is 0 Å². The number of hydrogen-bond donors (Lipinski definition) is 0. The fourth-order valence-corrected chi connectivity index (χ4v) is 11.8. The number of carbonyl (C=O) groups is 2. The van der Waals surface area contributed by atoms with Gasteiger partial charge in [-0.1, -0.05) is 332 Å². The maximum Gasteiger partial charge on any atom is 0.306 e. The van der Waals surface area contributed by atoms with Gasteiger partial charge >= 0.3 is 11.9 Å². The number of allylic oxidation sites excluding steroid dienone is 8. The van der Waals surface area contributed by atoms with Gasteiger partial charge in [0.15, 0.2) is 6.10 Å². The number of hydrogen-bond acceptors (Lipinski definition) is 8. The molecular weight excluding hydrogens is 1090 g/mol. The summed E-state index contributed by atoms with van der Waals surface area (Å²) in [4.78, 5) is 38.1. The van der Waals surface area contributed by atoms with Crippen LogP contribution in [0.3, 0.4) is 0 Å². The standard InChI is InChI=1S/C76H144NO8P/c1-6-8-10-12-14-16-18-20-22-24-26-28-29-30-31-32-33-34-35-36-37-38-39-40-41-42-43-44-45-46-47-49-51-53-55-57-59-61-63-65-67-69-76(79)85-74(73-84-86(80,81)83-71-70-77(3,4)5)72-82-75(78)68-66-64-62-60-58-56-54-52-50-48-27-25-23-21-19-17-15-13-11-9-7-2/h18,20,24-27,29-30,74H,6-17,19,21-23,28,31-73H2,1-5H3/b20-18-,26-24-,27-25-,30-29-. The van der Waals surface area contributed by atoms with Gasteiger partial charge in [0.05, 0.1) is 27.7 Å². The lowest BCUT2D eigenvalue weighted by molar-refractivity contribution is -0.870. The number of rotatable bonds is 70. The molecule has 0 saturated heterocycles.